The predicted molar refractivity (Wildman–Crippen MR) is 110 cm³/mol. The van der Waals surface area contributed by atoms with Crippen LogP contribution in [-0.4, -0.2) is 46.4 Å². The molecule has 7 nitrogen and oxygen atoms in total. The van der Waals surface area contributed by atoms with Crippen molar-refractivity contribution in [3.8, 4) is 5.69 Å². The molecule has 1 saturated heterocycles. The number of nitrogens with zero attached hydrogens (tertiary/aromatic N) is 2. The fraction of sp³-hybridized carbons (Fsp3) is 0.273. The van der Waals surface area contributed by atoms with Gasteiger partial charge in [0.05, 0.1) is 36.5 Å². The van der Waals surface area contributed by atoms with Crippen molar-refractivity contribution >= 4 is 11.7 Å². The SMILES string of the molecule is O=C(NC(CO)c1ccccc1)c1ccn(-c2ccnc(NC3CCOC3)c2)c1. The standard InChI is InChI=1S/C22H24N4O3/c27-14-20(16-4-2-1-3-5-16)25-22(28)17-7-10-26(13-17)19-6-9-23-21(12-19)24-18-8-11-29-15-18/h1-7,9-10,12-13,18,20,27H,8,11,14-15H2,(H,23,24)(H,25,28). The zero-order chi connectivity index (χ0) is 20.1. The van der Waals surface area contributed by atoms with Crippen LogP contribution in [0.2, 0.25) is 0 Å². The zero-order valence-electron chi connectivity index (χ0n) is 16.0. The maximum Gasteiger partial charge on any atom is 0.253 e. The van der Waals surface area contributed by atoms with E-state index in [2.05, 4.69) is 15.6 Å². The zero-order valence-corrected chi connectivity index (χ0v) is 16.0. The lowest BCUT2D eigenvalue weighted by molar-refractivity contribution is 0.0916. The number of aliphatic hydroxyl groups is 1. The number of carbonyl (C=O) groups is 1. The third-order valence-electron chi connectivity index (χ3n) is 4.97. The third-order valence-corrected chi connectivity index (χ3v) is 4.97. The molecule has 1 amide bonds. The molecule has 0 spiro atoms. The lowest BCUT2D eigenvalue weighted by Crippen LogP contribution is -2.30. The largest absolute Gasteiger partial charge is 0.394 e. The molecule has 1 aliphatic heterocycles. The van der Waals surface area contributed by atoms with E-state index in [0.717, 1.165) is 30.1 Å². The summed E-state index contributed by atoms with van der Waals surface area (Å²) in [4.78, 5) is 17.0. The molecule has 2 atom stereocenters. The Morgan fingerprint density at radius 2 is 2.14 bits per heavy atom. The smallest absolute Gasteiger partial charge is 0.253 e. The van der Waals surface area contributed by atoms with Crippen LogP contribution in [-0.2, 0) is 4.74 Å². The third kappa shape index (κ3) is 4.64. The Hall–Kier alpha value is -3.16. The highest BCUT2D eigenvalue weighted by molar-refractivity contribution is 5.94. The number of rotatable bonds is 7. The van der Waals surface area contributed by atoms with Gasteiger partial charge in [0.1, 0.15) is 5.82 Å². The number of aliphatic hydroxyl groups excluding tert-OH is 1. The number of pyridine rings is 1. The van der Waals surface area contributed by atoms with Gasteiger partial charge >= 0.3 is 0 Å². The Kier molecular flexibility index (Phi) is 5.88. The second-order valence-corrected chi connectivity index (χ2v) is 7.03. The molecule has 2 aromatic heterocycles. The predicted octanol–water partition coefficient (Wildman–Crippen LogP) is 2.54. The number of ether oxygens (including phenoxy) is 1. The van der Waals surface area contributed by atoms with Gasteiger partial charge in [0.2, 0.25) is 0 Å². The van der Waals surface area contributed by atoms with Gasteiger partial charge in [0.25, 0.3) is 5.91 Å². The number of amides is 1. The van der Waals surface area contributed by atoms with Crippen molar-refractivity contribution in [1.82, 2.24) is 14.9 Å². The first-order valence-corrected chi connectivity index (χ1v) is 9.68. The normalized spacial score (nSPS) is 17.1. The number of hydrogen-bond acceptors (Lipinski definition) is 5. The summed E-state index contributed by atoms with van der Waals surface area (Å²) in [6, 6.07) is 14.8. The number of carbonyl (C=O) groups excluding carboxylic acids is 1. The minimum atomic E-state index is -0.447. The monoisotopic (exact) mass is 392 g/mol. The van der Waals surface area contributed by atoms with E-state index in [1.54, 1.807) is 18.5 Å². The molecule has 29 heavy (non-hydrogen) atoms. The molecule has 0 aliphatic carbocycles. The van der Waals surface area contributed by atoms with Crippen LogP contribution in [0.25, 0.3) is 5.69 Å². The summed E-state index contributed by atoms with van der Waals surface area (Å²) in [7, 11) is 0. The molecule has 0 saturated carbocycles. The summed E-state index contributed by atoms with van der Waals surface area (Å²) in [5.41, 5.74) is 2.29. The summed E-state index contributed by atoms with van der Waals surface area (Å²) in [6.07, 6.45) is 6.31. The molecule has 3 N–H and O–H groups in total. The lowest BCUT2D eigenvalue weighted by atomic mass is 10.1. The van der Waals surface area contributed by atoms with Crippen LogP contribution >= 0.6 is 0 Å². The first-order chi connectivity index (χ1) is 14.2. The van der Waals surface area contributed by atoms with Crippen molar-refractivity contribution in [1.29, 1.82) is 0 Å². The molecule has 0 radical (unpaired) electrons. The molecule has 4 rings (SSSR count). The summed E-state index contributed by atoms with van der Waals surface area (Å²) >= 11 is 0. The molecule has 0 bridgehead atoms. The van der Waals surface area contributed by atoms with Gasteiger partial charge in [-0.25, -0.2) is 4.98 Å². The van der Waals surface area contributed by atoms with E-state index in [-0.39, 0.29) is 18.6 Å². The maximum absolute atomic E-state index is 12.7. The Morgan fingerprint density at radius 1 is 1.28 bits per heavy atom. The number of nitrogens with one attached hydrogen (secondary N) is 2. The van der Waals surface area contributed by atoms with Gasteiger partial charge in [0.15, 0.2) is 0 Å². The topological polar surface area (TPSA) is 88.4 Å². The van der Waals surface area contributed by atoms with Crippen LogP contribution in [0.1, 0.15) is 28.4 Å². The summed E-state index contributed by atoms with van der Waals surface area (Å²) in [6.45, 7) is 1.29. The van der Waals surface area contributed by atoms with E-state index < -0.39 is 6.04 Å². The lowest BCUT2D eigenvalue weighted by Gasteiger charge is -2.16. The highest BCUT2D eigenvalue weighted by Crippen LogP contribution is 2.18. The number of benzene rings is 1. The van der Waals surface area contributed by atoms with E-state index in [4.69, 9.17) is 4.74 Å². The first-order valence-electron chi connectivity index (χ1n) is 9.68. The maximum atomic E-state index is 12.7. The average molecular weight is 392 g/mol. The van der Waals surface area contributed by atoms with Gasteiger partial charge in [-0.15, -0.1) is 0 Å². The van der Waals surface area contributed by atoms with E-state index >= 15 is 0 Å². The molecule has 3 aromatic rings. The highest BCUT2D eigenvalue weighted by Gasteiger charge is 2.17. The second-order valence-electron chi connectivity index (χ2n) is 7.03. The van der Waals surface area contributed by atoms with Gasteiger partial charge in [-0.1, -0.05) is 30.3 Å². The van der Waals surface area contributed by atoms with Crippen LogP contribution in [0.4, 0.5) is 5.82 Å². The van der Waals surface area contributed by atoms with Crippen LogP contribution < -0.4 is 10.6 Å². The fourth-order valence-corrected chi connectivity index (χ4v) is 3.37. The number of anilines is 1. The Morgan fingerprint density at radius 3 is 2.90 bits per heavy atom. The van der Waals surface area contributed by atoms with Gasteiger partial charge in [0, 0.05) is 31.3 Å². The molecule has 150 valence electrons. The van der Waals surface area contributed by atoms with E-state index in [1.165, 1.54) is 0 Å². The number of hydrogen-bond donors (Lipinski definition) is 3. The van der Waals surface area contributed by atoms with Crippen molar-refractivity contribution in [2.24, 2.45) is 0 Å². The summed E-state index contributed by atoms with van der Waals surface area (Å²) in [5, 5.41) is 15.9. The Balaban J connectivity index is 1.45. The van der Waals surface area contributed by atoms with Crippen molar-refractivity contribution in [3.63, 3.8) is 0 Å². The van der Waals surface area contributed by atoms with E-state index in [0.29, 0.717) is 12.2 Å². The number of aromatic nitrogens is 2. The molecular formula is C22H24N4O3. The van der Waals surface area contributed by atoms with E-state index in [1.807, 2.05) is 53.2 Å². The minimum Gasteiger partial charge on any atom is -0.394 e. The van der Waals surface area contributed by atoms with Crippen molar-refractivity contribution < 1.29 is 14.6 Å². The Labute approximate surface area is 169 Å². The van der Waals surface area contributed by atoms with Crippen LogP contribution in [0.3, 0.4) is 0 Å². The van der Waals surface area contributed by atoms with Crippen molar-refractivity contribution in [3.05, 3.63) is 78.2 Å². The molecule has 3 heterocycles. The van der Waals surface area contributed by atoms with Gasteiger partial charge in [-0.3, -0.25) is 4.79 Å². The Bertz CT molecular complexity index is 951. The fourth-order valence-electron chi connectivity index (χ4n) is 3.37. The van der Waals surface area contributed by atoms with Crippen LogP contribution in [0, 0.1) is 0 Å². The van der Waals surface area contributed by atoms with Crippen LogP contribution in [0.5, 0.6) is 0 Å². The highest BCUT2D eigenvalue weighted by atomic mass is 16.5. The molecule has 2 unspecified atom stereocenters. The second kappa shape index (κ2) is 8.89. The van der Waals surface area contributed by atoms with Gasteiger partial charge in [-0.05, 0) is 24.1 Å². The molecule has 7 heteroatoms. The van der Waals surface area contributed by atoms with Crippen LogP contribution in [0.15, 0.2) is 67.1 Å². The summed E-state index contributed by atoms with van der Waals surface area (Å²) in [5.74, 6) is 0.546. The quantitative estimate of drug-likeness (QED) is 0.575. The van der Waals surface area contributed by atoms with Gasteiger partial charge < -0.3 is 25.0 Å². The van der Waals surface area contributed by atoms with E-state index in [9.17, 15) is 9.90 Å². The summed E-state index contributed by atoms with van der Waals surface area (Å²) < 4.78 is 7.27. The van der Waals surface area contributed by atoms with Crippen molar-refractivity contribution in [2.75, 3.05) is 25.1 Å². The van der Waals surface area contributed by atoms with Crippen molar-refractivity contribution in [2.45, 2.75) is 18.5 Å². The first kappa shape index (κ1) is 19.2. The molecule has 1 aliphatic rings. The minimum absolute atomic E-state index is 0.166. The van der Waals surface area contributed by atoms with Gasteiger partial charge in [-0.2, -0.15) is 0 Å². The average Bonchev–Trinajstić information content (AvgIpc) is 3.45. The molecular weight excluding hydrogens is 368 g/mol. The molecule has 1 fully saturated rings. The molecule has 1 aromatic carbocycles.